The van der Waals surface area contributed by atoms with Crippen molar-refractivity contribution in [2.45, 2.75) is 51.6 Å². The monoisotopic (exact) mass is 482 g/mol. The molecule has 2 aromatic rings. The topological polar surface area (TPSA) is 114 Å². The summed E-state index contributed by atoms with van der Waals surface area (Å²) in [6.45, 7) is 6.91. The Kier molecular flexibility index (Phi) is 7.85. The van der Waals surface area contributed by atoms with E-state index < -0.39 is 35.0 Å². The highest BCUT2D eigenvalue weighted by molar-refractivity contribution is 5.92. The first-order valence-electron chi connectivity index (χ1n) is 11.7. The zero-order valence-corrected chi connectivity index (χ0v) is 20.9. The first-order valence-corrected chi connectivity index (χ1v) is 11.7. The number of fused-ring (bicyclic) bond motifs is 3. The first kappa shape index (κ1) is 26.2. The van der Waals surface area contributed by atoms with Gasteiger partial charge in [-0.25, -0.2) is 9.59 Å². The fourth-order valence-corrected chi connectivity index (χ4v) is 4.48. The Hall–Kier alpha value is -3.39. The van der Waals surface area contributed by atoms with E-state index in [1.165, 1.54) is 7.11 Å². The highest BCUT2D eigenvalue weighted by Crippen LogP contribution is 2.44. The van der Waals surface area contributed by atoms with Gasteiger partial charge in [-0.05, 0) is 34.1 Å². The molecule has 0 aromatic heterocycles. The average Bonchev–Trinajstić information content (AvgIpc) is 3.13. The summed E-state index contributed by atoms with van der Waals surface area (Å²) in [5.41, 5.74) is 2.10. The lowest BCUT2D eigenvalue weighted by atomic mass is 9.85. The predicted molar refractivity (Wildman–Crippen MR) is 132 cm³/mol. The van der Waals surface area contributed by atoms with Gasteiger partial charge in [-0.3, -0.25) is 4.79 Å². The minimum atomic E-state index is -1.60. The third-order valence-electron chi connectivity index (χ3n) is 6.50. The maximum Gasteiger partial charge on any atom is 0.407 e. The molecule has 3 rings (SSSR count). The Bertz CT molecular complexity index is 1050. The van der Waals surface area contributed by atoms with Crippen LogP contribution in [0.4, 0.5) is 4.79 Å². The van der Waals surface area contributed by atoms with E-state index in [-0.39, 0.29) is 25.6 Å². The number of alkyl carbamates (subject to hydrolysis) is 1. The fourth-order valence-electron chi connectivity index (χ4n) is 4.48. The molecule has 0 heterocycles. The van der Waals surface area contributed by atoms with Crippen LogP contribution in [0.3, 0.4) is 0 Å². The molecule has 2 atom stereocenters. The zero-order valence-electron chi connectivity index (χ0n) is 20.9. The number of rotatable bonds is 9. The Morgan fingerprint density at radius 2 is 1.54 bits per heavy atom. The highest BCUT2D eigenvalue weighted by atomic mass is 16.5. The van der Waals surface area contributed by atoms with Gasteiger partial charge in [0.05, 0.1) is 6.61 Å². The summed E-state index contributed by atoms with van der Waals surface area (Å²) in [5, 5.41) is 15.0. The molecule has 3 N–H and O–H groups in total. The molecule has 1 aliphatic rings. The molecule has 1 unspecified atom stereocenters. The molecule has 1 aliphatic carbocycles. The normalized spacial score (nSPS) is 15.3. The van der Waals surface area contributed by atoms with Crippen LogP contribution < -0.4 is 10.6 Å². The number of hydrogen-bond acceptors (Lipinski definition) is 5. The van der Waals surface area contributed by atoms with E-state index in [9.17, 15) is 19.5 Å². The lowest BCUT2D eigenvalue weighted by molar-refractivity contribution is -0.151. The van der Waals surface area contributed by atoms with Crippen molar-refractivity contribution in [3.63, 3.8) is 0 Å². The number of carboxylic acids is 1. The molecule has 2 amide bonds. The molecule has 2 aromatic carbocycles. The summed E-state index contributed by atoms with van der Waals surface area (Å²) < 4.78 is 10.6. The van der Waals surface area contributed by atoms with Gasteiger partial charge in [-0.1, -0.05) is 76.2 Å². The van der Waals surface area contributed by atoms with E-state index in [1.54, 1.807) is 27.7 Å². The van der Waals surface area contributed by atoms with Crippen molar-refractivity contribution in [3.05, 3.63) is 59.7 Å². The SMILES string of the molecule is CCC(COC)(NC(=O)[C@H](NC(=O)OCC1c2ccccc2-c2ccccc21)C(C)(C)C)C(=O)O. The molecular weight excluding hydrogens is 448 g/mol. The van der Waals surface area contributed by atoms with Gasteiger partial charge < -0.3 is 25.2 Å². The molecule has 0 fully saturated rings. The molecular formula is C27H34N2O6. The second-order valence-electron chi connectivity index (χ2n) is 9.93. The van der Waals surface area contributed by atoms with Gasteiger partial charge >= 0.3 is 12.1 Å². The van der Waals surface area contributed by atoms with Crippen LogP contribution in [-0.4, -0.2) is 55.0 Å². The number of benzene rings is 2. The van der Waals surface area contributed by atoms with E-state index >= 15 is 0 Å². The minimum absolute atomic E-state index is 0.107. The van der Waals surface area contributed by atoms with Gasteiger partial charge in [0.2, 0.25) is 5.91 Å². The van der Waals surface area contributed by atoms with Gasteiger partial charge in [-0.15, -0.1) is 0 Å². The van der Waals surface area contributed by atoms with Gasteiger partial charge in [0.1, 0.15) is 12.6 Å². The molecule has 0 aliphatic heterocycles. The van der Waals surface area contributed by atoms with Crippen molar-refractivity contribution in [1.82, 2.24) is 10.6 Å². The highest BCUT2D eigenvalue weighted by Gasteiger charge is 2.43. The van der Waals surface area contributed by atoms with Gasteiger partial charge in [0.25, 0.3) is 0 Å². The maximum atomic E-state index is 13.2. The first-order chi connectivity index (χ1) is 16.5. The van der Waals surface area contributed by atoms with Crippen molar-refractivity contribution in [3.8, 4) is 11.1 Å². The number of carbonyl (C=O) groups is 3. The fraction of sp³-hybridized carbons (Fsp3) is 0.444. The Labute approximate surface area is 206 Å². The summed E-state index contributed by atoms with van der Waals surface area (Å²) in [5.74, 6) is -1.94. The summed E-state index contributed by atoms with van der Waals surface area (Å²) in [7, 11) is 1.37. The van der Waals surface area contributed by atoms with Crippen molar-refractivity contribution < 1.29 is 29.0 Å². The van der Waals surface area contributed by atoms with E-state index in [2.05, 4.69) is 22.8 Å². The number of carboxylic acid groups (broad SMARTS) is 1. The van der Waals surface area contributed by atoms with Crippen LogP contribution in [0.15, 0.2) is 48.5 Å². The summed E-state index contributed by atoms with van der Waals surface area (Å²) >= 11 is 0. The Balaban J connectivity index is 1.73. The van der Waals surface area contributed by atoms with Crippen LogP contribution >= 0.6 is 0 Å². The third-order valence-corrected chi connectivity index (χ3v) is 6.50. The molecule has 8 nitrogen and oxygen atoms in total. The van der Waals surface area contributed by atoms with Crippen LogP contribution in [0, 0.1) is 5.41 Å². The molecule has 188 valence electrons. The number of nitrogens with one attached hydrogen (secondary N) is 2. The van der Waals surface area contributed by atoms with Gasteiger partial charge in [-0.2, -0.15) is 0 Å². The number of carbonyl (C=O) groups excluding carboxylic acids is 2. The summed E-state index contributed by atoms with van der Waals surface area (Å²) in [6.07, 6.45) is -0.630. The van der Waals surface area contributed by atoms with Crippen LogP contribution in [0.1, 0.15) is 51.2 Å². The Morgan fingerprint density at radius 1 is 1.00 bits per heavy atom. The number of hydrogen-bond donors (Lipinski definition) is 3. The average molecular weight is 483 g/mol. The second kappa shape index (κ2) is 10.5. The summed E-state index contributed by atoms with van der Waals surface area (Å²) in [4.78, 5) is 37.9. The number of amides is 2. The number of aliphatic carboxylic acids is 1. The number of methoxy groups -OCH3 is 1. The van der Waals surface area contributed by atoms with Crippen molar-refractivity contribution in [1.29, 1.82) is 0 Å². The largest absolute Gasteiger partial charge is 0.479 e. The maximum absolute atomic E-state index is 13.2. The Morgan fingerprint density at radius 3 is 2.00 bits per heavy atom. The molecule has 0 radical (unpaired) electrons. The lowest BCUT2D eigenvalue weighted by Crippen LogP contribution is -2.63. The van der Waals surface area contributed by atoms with E-state index in [0.717, 1.165) is 22.3 Å². The molecule has 0 spiro atoms. The third kappa shape index (κ3) is 5.48. The van der Waals surface area contributed by atoms with Crippen LogP contribution in [-0.2, 0) is 19.1 Å². The quantitative estimate of drug-likeness (QED) is 0.499. The van der Waals surface area contributed by atoms with Crippen LogP contribution in [0.5, 0.6) is 0 Å². The van der Waals surface area contributed by atoms with Gasteiger partial charge in [0, 0.05) is 13.0 Å². The molecule has 35 heavy (non-hydrogen) atoms. The molecule has 0 saturated heterocycles. The van der Waals surface area contributed by atoms with E-state index in [4.69, 9.17) is 9.47 Å². The summed E-state index contributed by atoms with van der Waals surface area (Å²) in [6, 6.07) is 15.0. The van der Waals surface area contributed by atoms with E-state index in [0.29, 0.717) is 0 Å². The molecule has 8 heteroatoms. The van der Waals surface area contributed by atoms with Crippen molar-refractivity contribution >= 4 is 18.0 Å². The molecule has 0 saturated carbocycles. The van der Waals surface area contributed by atoms with Crippen LogP contribution in [0.2, 0.25) is 0 Å². The van der Waals surface area contributed by atoms with Gasteiger partial charge in [0.15, 0.2) is 5.54 Å². The second-order valence-corrected chi connectivity index (χ2v) is 9.93. The zero-order chi connectivity index (χ0) is 25.8. The molecule has 0 bridgehead atoms. The van der Waals surface area contributed by atoms with Crippen molar-refractivity contribution in [2.24, 2.45) is 5.41 Å². The smallest absolute Gasteiger partial charge is 0.407 e. The lowest BCUT2D eigenvalue weighted by Gasteiger charge is -2.35. The standard InChI is InChI=1S/C27H34N2O6/c1-6-27(16-34-5,24(31)32)29-23(30)22(26(2,3)4)28-25(33)35-15-21-19-13-9-7-11-17(19)18-12-8-10-14-20(18)21/h7-14,21-22H,6,15-16H2,1-5H3,(H,28,33)(H,29,30)(H,31,32)/t22-,27?/m0/s1. The van der Waals surface area contributed by atoms with Crippen LogP contribution in [0.25, 0.3) is 11.1 Å². The predicted octanol–water partition coefficient (Wildman–Crippen LogP) is 3.94. The van der Waals surface area contributed by atoms with E-state index in [1.807, 2.05) is 36.4 Å². The number of ether oxygens (including phenoxy) is 2. The minimum Gasteiger partial charge on any atom is -0.479 e. The van der Waals surface area contributed by atoms with Crippen molar-refractivity contribution in [2.75, 3.05) is 20.3 Å².